The maximum absolute atomic E-state index is 4.56. The molecule has 0 aliphatic carbocycles. The lowest BCUT2D eigenvalue weighted by atomic mass is 10.2. The van der Waals surface area contributed by atoms with Crippen molar-refractivity contribution >= 4 is 0 Å². The Morgan fingerprint density at radius 2 is 2.33 bits per heavy atom. The second-order valence-electron chi connectivity index (χ2n) is 5.46. The Labute approximate surface area is 111 Å². The summed E-state index contributed by atoms with van der Waals surface area (Å²) in [6.07, 6.45) is 4.52. The SMILES string of the molecule is CCCNCc1ccc(CN2CCC(C)C2)nc1. The average molecular weight is 247 g/mol. The zero-order chi connectivity index (χ0) is 12.8. The van der Waals surface area contributed by atoms with Crippen molar-refractivity contribution in [1.29, 1.82) is 0 Å². The van der Waals surface area contributed by atoms with Crippen LogP contribution in [0.1, 0.15) is 37.9 Å². The Hall–Kier alpha value is -0.930. The van der Waals surface area contributed by atoms with Crippen LogP contribution in [0.5, 0.6) is 0 Å². The van der Waals surface area contributed by atoms with Gasteiger partial charge in [-0.15, -0.1) is 0 Å². The number of hydrogen-bond acceptors (Lipinski definition) is 3. The number of nitrogens with zero attached hydrogens (tertiary/aromatic N) is 2. The molecule has 2 rings (SSSR count). The molecule has 3 nitrogen and oxygen atoms in total. The van der Waals surface area contributed by atoms with Gasteiger partial charge in [0, 0.05) is 25.8 Å². The standard InChI is InChI=1S/C15H25N3/c1-3-7-16-9-14-4-5-15(17-10-14)12-18-8-6-13(2)11-18/h4-5,10,13,16H,3,6-9,11-12H2,1-2H3. The summed E-state index contributed by atoms with van der Waals surface area (Å²) in [6.45, 7) is 9.98. The first kappa shape index (κ1) is 13.5. The summed E-state index contributed by atoms with van der Waals surface area (Å²) in [4.78, 5) is 7.07. The van der Waals surface area contributed by atoms with Crippen molar-refractivity contribution in [2.75, 3.05) is 19.6 Å². The molecule has 0 amide bonds. The molecule has 0 aromatic carbocycles. The molecule has 0 spiro atoms. The predicted octanol–water partition coefficient (Wildman–Crippen LogP) is 2.42. The van der Waals surface area contributed by atoms with Crippen molar-refractivity contribution in [2.45, 2.75) is 39.8 Å². The quantitative estimate of drug-likeness (QED) is 0.783. The number of pyridine rings is 1. The first-order valence-corrected chi connectivity index (χ1v) is 7.15. The second-order valence-corrected chi connectivity index (χ2v) is 5.46. The monoisotopic (exact) mass is 247 g/mol. The lowest BCUT2D eigenvalue weighted by Crippen LogP contribution is -2.20. The highest BCUT2D eigenvalue weighted by Gasteiger charge is 2.18. The van der Waals surface area contributed by atoms with E-state index in [1.165, 1.54) is 37.2 Å². The highest BCUT2D eigenvalue weighted by Crippen LogP contribution is 2.17. The molecule has 1 fully saturated rings. The van der Waals surface area contributed by atoms with Crippen molar-refractivity contribution < 1.29 is 0 Å². The Bertz CT molecular complexity index is 347. The number of hydrogen-bond donors (Lipinski definition) is 1. The first-order chi connectivity index (χ1) is 8.78. The summed E-state index contributed by atoms with van der Waals surface area (Å²) >= 11 is 0. The normalized spacial score (nSPS) is 20.4. The van der Waals surface area contributed by atoms with Gasteiger partial charge in [-0.1, -0.05) is 19.9 Å². The second kappa shape index (κ2) is 6.86. The van der Waals surface area contributed by atoms with Gasteiger partial charge in [0.1, 0.15) is 0 Å². The molecule has 1 aromatic heterocycles. The molecular weight excluding hydrogens is 222 g/mol. The third kappa shape index (κ3) is 4.07. The van der Waals surface area contributed by atoms with Gasteiger partial charge in [-0.05, 0) is 43.5 Å². The summed E-state index contributed by atoms with van der Waals surface area (Å²) in [6, 6.07) is 4.37. The average Bonchev–Trinajstić information content (AvgIpc) is 2.77. The molecule has 3 heteroatoms. The molecule has 0 radical (unpaired) electrons. The van der Waals surface area contributed by atoms with Gasteiger partial charge < -0.3 is 5.32 Å². The van der Waals surface area contributed by atoms with Gasteiger partial charge in [0.25, 0.3) is 0 Å². The Morgan fingerprint density at radius 3 is 2.94 bits per heavy atom. The van der Waals surface area contributed by atoms with E-state index < -0.39 is 0 Å². The van der Waals surface area contributed by atoms with Gasteiger partial charge in [-0.3, -0.25) is 9.88 Å². The molecule has 0 bridgehead atoms. The van der Waals surface area contributed by atoms with E-state index in [0.29, 0.717) is 0 Å². The third-order valence-corrected chi connectivity index (χ3v) is 3.54. The number of rotatable bonds is 6. The van der Waals surface area contributed by atoms with E-state index in [-0.39, 0.29) is 0 Å². The van der Waals surface area contributed by atoms with Gasteiger partial charge >= 0.3 is 0 Å². The maximum atomic E-state index is 4.56. The van der Waals surface area contributed by atoms with Crippen molar-refractivity contribution in [1.82, 2.24) is 15.2 Å². The van der Waals surface area contributed by atoms with E-state index in [4.69, 9.17) is 0 Å². The molecule has 1 aliphatic rings. The Morgan fingerprint density at radius 1 is 1.44 bits per heavy atom. The molecule has 1 saturated heterocycles. The third-order valence-electron chi connectivity index (χ3n) is 3.54. The lowest BCUT2D eigenvalue weighted by Gasteiger charge is -2.14. The van der Waals surface area contributed by atoms with Crippen molar-refractivity contribution in [3.05, 3.63) is 29.6 Å². The van der Waals surface area contributed by atoms with E-state index in [1.807, 2.05) is 6.20 Å². The van der Waals surface area contributed by atoms with Crippen LogP contribution in [0, 0.1) is 5.92 Å². The van der Waals surface area contributed by atoms with Crippen LogP contribution in [-0.4, -0.2) is 29.5 Å². The minimum Gasteiger partial charge on any atom is -0.313 e. The van der Waals surface area contributed by atoms with Gasteiger partial charge in [-0.25, -0.2) is 0 Å². The molecule has 0 saturated carbocycles. The molecule has 18 heavy (non-hydrogen) atoms. The number of nitrogens with one attached hydrogen (secondary N) is 1. The van der Waals surface area contributed by atoms with Gasteiger partial charge in [0.2, 0.25) is 0 Å². The topological polar surface area (TPSA) is 28.2 Å². The first-order valence-electron chi connectivity index (χ1n) is 7.15. The van der Waals surface area contributed by atoms with Gasteiger partial charge in [0.05, 0.1) is 5.69 Å². The van der Waals surface area contributed by atoms with Crippen LogP contribution < -0.4 is 5.32 Å². The molecule has 1 aromatic rings. The van der Waals surface area contributed by atoms with E-state index in [9.17, 15) is 0 Å². The molecule has 100 valence electrons. The summed E-state index contributed by atoms with van der Waals surface area (Å²) in [5.74, 6) is 0.850. The van der Waals surface area contributed by atoms with Crippen LogP contribution in [-0.2, 0) is 13.1 Å². The number of likely N-dealkylation sites (tertiary alicyclic amines) is 1. The highest BCUT2D eigenvalue weighted by atomic mass is 15.1. The van der Waals surface area contributed by atoms with Crippen LogP contribution >= 0.6 is 0 Å². The van der Waals surface area contributed by atoms with E-state index >= 15 is 0 Å². The minimum absolute atomic E-state index is 0.850. The molecule has 1 N–H and O–H groups in total. The number of aromatic nitrogens is 1. The zero-order valence-electron chi connectivity index (χ0n) is 11.7. The fourth-order valence-electron chi connectivity index (χ4n) is 2.46. The van der Waals surface area contributed by atoms with Gasteiger partial charge in [0.15, 0.2) is 0 Å². The summed E-state index contributed by atoms with van der Waals surface area (Å²) in [5.41, 5.74) is 2.48. The van der Waals surface area contributed by atoms with Crippen LogP contribution in [0.25, 0.3) is 0 Å². The fraction of sp³-hybridized carbons (Fsp3) is 0.667. The van der Waals surface area contributed by atoms with Crippen LogP contribution in [0.3, 0.4) is 0 Å². The Kier molecular flexibility index (Phi) is 5.14. The van der Waals surface area contributed by atoms with E-state index in [0.717, 1.165) is 25.6 Å². The van der Waals surface area contributed by atoms with E-state index in [1.54, 1.807) is 0 Å². The fourth-order valence-corrected chi connectivity index (χ4v) is 2.46. The molecule has 1 aliphatic heterocycles. The predicted molar refractivity (Wildman–Crippen MR) is 75.3 cm³/mol. The maximum Gasteiger partial charge on any atom is 0.0544 e. The van der Waals surface area contributed by atoms with Crippen molar-refractivity contribution in [3.8, 4) is 0 Å². The van der Waals surface area contributed by atoms with Gasteiger partial charge in [-0.2, -0.15) is 0 Å². The summed E-state index contributed by atoms with van der Waals surface area (Å²) in [5, 5.41) is 3.40. The molecular formula is C15H25N3. The van der Waals surface area contributed by atoms with Crippen molar-refractivity contribution in [3.63, 3.8) is 0 Å². The lowest BCUT2D eigenvalue weighted by molar-refractivity contribution is 0.316. The minimum atomic E-state index is 0.850. The van der Waals surface area contributed by atoms with Crippen LogP contribution in [0.2, 0.25) is 0 Å². The van der Waals surface area contributed by atoms with Crippen LogP contribution in [0.4, 0.5) is 0 Å². The Balaban J connectivity index is 1.80. The largest absolute Gasteiger partial charge is 0.313 e. The zero-order valence-corrected chi connectivity index (χ0v) is 11.7. The smallest absolute Gasteiger partial charge is 0.0544 e. The van der Waals surface area contributed by atoms with Crippen molar-refractivity contribution in [2.24, 2.45) is 5.92 Å². The summed E-state index contributed by atoms with van der Waals surface area (Å²) < 4.78 is 0. The van der Waals surface area contributed by atoms with E-state index in [2.05, 4.69) is 41.2 Å². The van der Waals surface area contributed by atoms with Crippen LogP contribution in [0.15, 0.2) is 18.3 Å². The molecule has 1 atom stereocenters. The summed E-state index contributed by atoms with van der Waals surface area (Å²) in [7, 11) is 0. The highest BCUT2D eigenvalue weighted by molar-refractivity contribution is 5.14. The molecule has 2 heterocycles. The molecule has 1 unspecified atom stereocenters.